The fraction of sp³-hybridized carbons (Fsp3) is 0.647. The Kier molecular flexibility index (Phi) is 4.19. The molecule has 2 fully saturated rings. The molecule has 1 saturated carbocycles. The molecule has 1 aromatic carbocycles. The van der Waals surface area contributed by atoms with Crippen LogP contribution in [0.1, 0.15) is 44.1 Å². The zero-order valence-electron chi connectivity index (χ0n) is 12.0. The highest BCUT2D eigenvalue weighted by atomic mass is 15.2. The van der Waals surface area contributed by atoms with Gasteiger partial charge in [0, 0.05) is 18.6 Å². The second-order valence-electron chi connectivity index (χ2n) is 6.11. The van der Waals surface area contributed by atoms with Gasteiger partial charge in [-0.1, -0.05) is 37.3 Å². The predicted molar refractivity (Wildman–Crippen MR) is 80.5 cm³/mol. The molecule has 0 aromatic heterocycles. The lowest BCUT2D eigenvalue weighted by molar-refractivity contribution is 0.240. The van der Waals surface area contributed by atoms with Gasteiger partial charge in [-0.15, -0.1) is 0 Å². The van der Waals surface area contributed by atoms with Crippen LogP contribution >= 0.6 is 0 Å². The molecule has 1 aliphatic heterocycles. The van der Waals surface area contributed by atoms with Crippen LogP contribution in [0.25, 0.3) is 0 Å². The molecule has 3 rings (SSSR count). The molecule has 0 spiro atoms. The Hall–Kier alpha value is -0.860. The Morgan fingerprint density at radius 2 is 2.00 bits per heavy atom. The first kappa shape index (κ1) is 13.1. The van der Waals surface area contributed by atoms with Gasteiger partial charge in [-0.25, -0.2) is 0 Å². The van der Waals surface area contributed by atoms with Crippen molar-refractivity contribution >= 4 is 0 Å². The van der Waals surface area contributed by atoms with Gasteiger partial charge in [-0.3, -0.25) is 4.90 Å². The topological polar surface area (TPSA) is 15.3 Å². The Morgan fingerprint density at radius 3 is 2.79 bits per heavy atom. The van der Waals surface area contributed by atoms with Crippen molar-refractivity contribution in [2.24, 2.45) is 0 Å². The minimum absolute atomic E-state index is 0.763. The van der Waals surface area contributed by atoms with Gasteiger partial charge in [0.1, 0.15) is 0 Å². The number of benzene rings is 1. The lowest BCUT2D eigenvalue weighted by atomic mass is 9.99. The lowest BCUT2D eigenvalue weighted by Crippen LogP contribution is -2.33. The number of hydrogen-bond donors (Lipinski definition) is 1. The van der Waals surface area contributed by atoms with Crippen LogP contribution in [0.4, 0.5) is 0 Å². The zero-order valence-corrected chi connectivity index (χ0v) is 12.0. The van der Waals surface area contributed by atoms with Crippen LogP contribution in [0.5, 0.6) is 0 Å². The van der Waals surface area contributed by atoms with E-state index in [9.17, 15) is 0 Å². The summed E-state index contributed by atoms with van der Waals surface area (Å²) in [5, 5.41) is 3.61. The normalized spacial score (nSPS) is 31.9. The van der Waals surface area contributed by atoms with Crippen molar-refractivity contribution < 1.29 is 0 Å². The average Bonchev–Trinajstić information content (AvgIpc) is 3.08. The van der Waals surface area contributed by atoms with Crippen LogP contribution in [0.15, 0.2) is 30.3 Å². The fourth-order valence-corrected chi connectivity index (χ4v) is 3.88. The summed E-state index contributed by atoms with van der Waals surface area (Å²) in [7, 11) is 0. The van der Waals surface area contributed by atoms with Gasteiger partial charge in [0.25, 0.3) is 0 Å². The monoisotopic (exact) mass is 258 g/mol. The SMILES string of the molecule is CCNC1CCC(N2CCC(c3ccccc3)C2)C1. The molecule has 0 amide bonds. The molecule has 2 nitrogen and oxygen atoms in total. The van der Waals surface area contributed by atoms with Crippen molar-refractivity contribution in [2.45, 2.75) is 50.6 Å². The molecule has 3 unspecified atom stereocenters. The fourth-order valence-electron chi connectivity index (χ4n) is 3.88. The maximum atomic E-state index is 3.61. The van der Waals surface area contributed by atoms with E-state index in [1.807, 2.05) is 0 Å². The van der Waals surface area contributed by atoms with E-state index >= 15 is 0 Å². The summed E-state index contributed by atoms with van der Waals surface area (Å²) in [4.78, 5) is 2.75. The molecular formula is C17H26N2. The molecule has 19 heavy (non-hydrogen) atoms. The first-order valence-corrected chi connectivity index (χ1v) is 7.89. The molecule has 1 heterocycles. The Balaban J connectivity index is 1.55. The molecule has 1 aromatic rings. The number of likely N-dealkylation sites (tertiary alicyclic amines) is 1. The summed E-state index contributed by atoms with van der Waals surface area (Å²) in [6, 6.07) is 12.7. The summed E-state index contributed by atoms with van der Waals surface area (Å²) in [5.41, 5.74) is 1.53. The van der Waals surface area contributed by atoms with Crippen molar-refractivity contribution in [2.75, 3.05) is 19.6 Å². The average molecular weight is 258 g/mol. The van der Waals surface area contributed by atoms with Crippen molar-refractivity contribution in [3.8, 4) is 0 Å². The summed E-state index contributed by atoms with van der Waals surface area (Å²) < 4.78 is 0. The summed E-state index contributed by atoms with van der Waals surface area (Å²) in [6.45, 7) is 5.90. The van der Waals surface area contributed by atoms with E-state index in [0.717, 1.165) is 24.5 Å². The molecule has 2 heteroatoms. The van der Waals surface area contributed by atoms with Crippen LogP contribution < -0.4 is 5.32 Å². The number of hydrogen-bond acceptors (Lipinski definition) is 2. The largest absolute Gasteiger partial charge is 0.314 e. The Labute approximate surface area is 117 Å². The maximum absolute atomic E-state index is 3.61. The molecule has 0 radical (unpaired) electrons. The highest BCUT2D eigenvalue weighted by molar-refractivity contribution is 5.21. The van der Waals surface area contributed by atoms with Gasteiger partial charge in [-0.05, 0) is 50.3 Å². The van der Waals surface area contributed by atoms with Gasteiger partial charge >= 0.3 is 0 Å². The molecule has 104 valence electrons. The standard InChI is InChI=1S/C17H26N2/c1-2-18-16-8-9-17(12-16)19-11-10-15(13-19)14-6-4-3-5-7-14/h3-7,15-18H,2,8-13H2,1H3. The second-order valence-corrected chi connectivity index (χ2v) is 6.11. The molecule has 1 N–H and O–H groups in total. The van der Waals surface area contributed by atoms with Crippen LogP contribution in [0.2, 0.25) is 0 Å². The Morgan fingerprint density at radius 1 is 1.16 bits per heavy atom. The van der Waals surface area contributed by atoms with Gasteiger partial charge in [0.2, 0.25) is 0 Å². The highest BCUT2D eigenvalue weighted by Crippen LogP contribution is 2.33. The number of nitrogens with zero attached hydrogens (tertiary/aromatic N) is 1. The molecule has 2 aliphatic rings. The van der Waals surface area contributed by atoms with Crippen LogP contribution in [-0.2, 0) is 0 Å². The van der Waals surface area contributed by atoms with E-state index < -0.39 is 0 Å². The molecular weight excluding hydrogens is 232 g/mol. The third-order valence-corrected chi connectivity index (χ3v) is 4.90. The van der Waals surface area contributed by atoms with E-state index in [4.69, 9.17) is 0 Å². The van der Waals surface area contributed by atoms with Crippen LogP contribution in [-0.4, -0.2) is 36.6 Å². The molecule has 0 bridgehead atoms. The van der Waals surface area contributed by atoms with E-state index in [1.165, 1.54) is 44.3 Å². The molecule has 1 aliphatic carbocycles. The van der Waals surface area contributed by atoms with Gasteiger partial charge in [-0.2, -0.15) is 0 Å². The third kappa shape index (κ3) is 3.01. The quantitative estimate of drug-likeness (QED) is 0.893. The zero-order chi connectivity index (χ0) is 13.1. The summed E-state index contributed by atoms with van der Waals surface area (Å²) in [6.07, 6.45) is 5.45. The van der Waals surface area contributed by atoms with Gasteiger partial charge in [0.15, 0.2) is 0 Å². The maximum Gasteiger partial charge on any atom is 0.0111 e. The van der Waals surface area contributed by atoms with E-state index in [1.54, 1.807) is 0 Å². The van der Waals surface area contributed by atoms with Crippen molar-refractivity contribution in [3.05, 3.63) is 35.9 Å². The van der Waals surface area contributed by atoms with Crippen molar-refractivity contribution in [3.63, 3.8) is 0 Å². The number of nitrogens with one attached hydrogen (secondary N) is 1. The van der Waals surface area contributed by atoms with E-state index in [-0.39, 0.29) is 0 Å². The minimum Gasteiger partial charge on any atom is -0.314 e. The first-order chi connectivity index (χ1) is 9.36. The Bertz CT molecular complexity index is 390. The summed E-state index contributed by atoms with van der Waals surface area (Å²) in [5.74, 6) is 0.763. The minimum atomic E-state index is 0.763. The van der Waals surface area contributed by atoms with Crippen LogP contribution in [0.3, 0.4) is 0 Å². The van der Waals surface area contributed by atoms with E-state index in [0.29, 0.717) is 0 Å². The van der Waals surface area contributed by atoms with Crippen LogP contribution in [0, 0.1) is 0 Å². The molecule has 3 atom stereocenters. The van der Waals surface area contributed by atoms with E-state index in [2.05, 4.69) is 47.5 Å². The van der Waals surface area contributed by atoms with Gasteiger partial charge in [0.05, 0.1) is 0 Å². The van der Waals surface area contributed by atoms with Crippen molar-refractivity contribution in [1.29, 1.82) is 0 Å². The highest BCUT2D eigenvalue weighted by Gasteiger charge is 2.33. The molecule has 1 saturated heterocycles. The van der Waals surface area contributed by atoms with Crippen molar-refractivity contribution in [1.82, 2.24) is 10.2 Å². The first-order valence-electron chi connectivity index (χ1n) is 7.89. The second kappa shape index (κ2) is 6.06. The lowest BCUT2D eigenvalue weighted by Gasteiger charge is -2.24. The summed E-state index contributed by atoms with van der Waals surface area (Å²) >= 11 is 0. The predicted octanol–water partition coefficient (Wildman–Crippen LogP) is 3.01. The third-order valence-electron chi connectivity index (χ3n) is 4.90. The smallest absolute Gasteiger partial charge is 0.0111 e. The van der Waals surface area contributed by atoms with Gasteiger partial charge < -0.3 is 5.32 Å². The number of rotatable bonds is 4.